The second-order valence-corrected chi connectivity index (χ2v) is 7.23. The van der Waals surface area contributed by atoms with Crippen LogP contribution in [0.15, 0.2) is 12.1 Å². The number of carbonyl (C=O) groups excluding carboxylic acids is 3. The Morgan fingerprint density at radius 3 is 2.33 bits per heavy atom. The van der Waals surface area contributed by atoms with Gasteiger partial charge in [0.2, 0.25) is 5.12 Å². The number of ether oxygens (including phenoxy) is 2. The molecule has 9 nitrogen and oxygen atoms in total. The SMILES string of the molecule is COC(=O)c1cc([N+](=O)[O-])c(CC(NC(=O)OC(C)(C)C)C(=O)S)cc1C. The zero-order chi connectivity index (χ0) is 20.9. The van der Waals surface area contributed by atoms with E-state index < -0.39 is 33.7 Å². The third kappa shape index (κ3) is 6.55. The van der Waals surface area contributed by atoms with E-state index in [9.17, 15) is 24.5 Å². The number of esters is 1. The molecule has 0 heterocycles. The van der Waals surface area contributed by atoms with Gasteiger partial charge in [-0.15, -0.1) is 12.6 Å². The van der Waals surface area contributed by atoms with Gasteiger partial charge in [0.05, 0.1) is 17.6 Å². The quantitative estimate of drug-likeness (QED) is 0.326. The van der Waals surface area contributed by atoms with Gasteiger partial charge >= 0.3 is 12.1 Å². The van der Waals surface area contributed by atoms with Gasteiger partial charge in [0, 0.05) is 18.1 Å². The molecule has 0 aromatic heterocycles. The van der Waals surface area contributed by atoms with E-state index in [0.717, 1.165) is 6.07 Å². The number of thiol groups is 1. The molecule has 0 aliphatic heterocycles. The van der Waals surface area contributed by atoms with Gasteiger partial charge < -0.3 is 14.8 Å². The molecule has 1 rings (SSSR count). The largest absolute Gasteiger partial charge is 0.465 e. The summed E-state index contributed by atoms with van der Waals surface area (Å²) >= 11 is 3.74. The third-order valence-corrected chi connectivity index (χ3v) is 3.75. The first-order chi connectivity index (χ1) is 12.4. The number of hydrogen-bond donors (Lipinski definition) is 2. The van der Waals surface area contributed by atoms with Gasteiger partial charge in [-0.1, -0.05) is 0 Å². The molecule has 1 unspecified atom stereocenters. The zero-order valence-corrected chi connectivity index (χ0v) is 16.6. The summed E-state index contributed by atoms with van der Waals surface area (Å²) in [4.78, 5) is 46.2. The van der Waals surface area contributed by atoms with Crippen LogP contribution >= 0.6 is 12.6 Å². The van der Waals surface area contributed by atoms with Crippen molar-refractivity contribution in [1.29, 1.82) is 0 Å². The van der Waals surface area contributed by atoms with Crippen LogP contribution in [-0.2, 0) is 20.7 Å². The first kappa shape index (κ1) is 22.4. The lowest BCUT2D eigenvalue weighted by Gasteiger charge is -2.22. The Morgan fingerprint density at radius 2 is 1.89 bits per heavy atom. The molecule has 0 fully saturated rings. The van der Waals surface area contributed by atoms with Crippen LogP contribution in [0, 0.1) is 17.0 Å². The third-order valence-electron chi connectivity index (χ3n) is 3.44. The van der Waals surface area contributed by atoms with Crippen molar-refractivity contribution in [2.24, 2.45) is 0 Å². The Morgan fingerprint density at radius 1 is 1.30 bits per heavy atom. The fraction of sp³-hybridized carbons (Fsp3) is 0.471. The van der Waals surface area contributed by atoms with Crippen LogP contribution < -0.4 is 5.32 Å². The highest BCUT2D eigenvalue weighted by molar-refractivity contribution is 7.96. The highest BCUT2D eigenvalue weighted by atomic mass is 32.1. The Kier molecular flexibility index (Phi) is 7.35. The molecule has 0 bridgehead atoms. The molecule has 10 heteroatoms. The second-order valence-electron chi connectivity index (χ2n) is 6.79. The Labute approximate surface area is 162 Å². The van der Waals surface area contributed by atoms with Gasteiger partial charge in [0.25, 0.3) is 5.69 Å². The van der Waals surface area contributed by atoms with Gasteiger partial charge in [-0.05, 0) is 39.3 Å². The molecule has 0 spiro atoms. The van der Waals surface area contributed by atoms with E-state index in [1.807, 2.05) is 0 Å². The number of carbonyl (C=O) groups is 3. The standard InChI is InChI=1S/C17H22N2O7S/c1-9-6-10(13(19(23)24)8-11(9)14(20)25-5)7-12(15(21)27)18-16(22)26-17(2,3)4/h6,8,12H,7H2,1-5H3,(H,18,22)(H,21,27). The summed E-state index contributed by atoms with van der Waals surface area (Å²) in [5.74, 6) is -0.712. The van der Waals surface area contributed by atoms with Crippen LogP contribution in [0.1, 0.15) is 42.3 Å². The van der Waals surface area contributed by atoms with Crippen molar-refractivity contribution < 1.29 is 28.8 Å². The van der Waals surface area contributed by atoms with Crippen LogP contribution in [0.25, 0.3) is 0 Å². The molecule has 27 heavy (non-hydrogen) atoms. The Bertz CT molecular complexity index is 771. The van der Waals surface area contributed by atoms with Crippen molar-refractivity contribution in [3.8, 4) is 0 Å². The molecule has 1 aromatic carbocycles. The van der Waals surface area contributed by atoms with Crippen LogP contribution in [0.5, 0.6) is 0 Å². The van der Waals surface area contributed by atoms with Crippen molar-refractivity contribution in [1.82, 2.24) is 5.32 Å². The molecule has 0 saturated heterocycles. The number of amides is 1. The number of benzene rings is 1. The summed E-state index contributed by atoms with van der Waals surface area (Å²) < 4.78 is 9.70. The first-order valence-electron chi connectivity index (χ1n) is 7.94. The van der Waals surface area contributed by atoms with E-state index >= 15 is 0 Å². The van der Waals surface area contributed by atoms with Gasteiger partial charge in [-0.2, -0.15) is 0 Å². The number of hydrogen-bond acceptors (Lipinski definition) is 7. The van der Waals surface area contributed by atoms with Gasteiger partial charge in [0.1, 0.15) is 11.6 Å². The monoisotopic (exact) mass is 398 g/mol. The Hall–Kier alpha value is -2.62. The lowest BCUT2D eigenvalue weighted by atomic mass is 9.98. The number of nitrogens with one attached hydrogen (secondary N) is 1. The summed E-state index contributed by atoms with van der Waals surface area (Å²) in [5.41, 5.74) is -0.508. The van der Waals surface area contributed by atoms with Crippen LogP contribution in [0.4, 0.5) is 10.5 Å². The second kappa shape index (κ2) is 8.85. The smallest absolute Gasteiger partial charge is 0.408 e. The minimum Gasteiger partial charge on any atom is -0.465 e. The number of rotatable bonds is 6. The molecule has 148 valence electrons. The predicted octanol–water partition coefficient (Wildman–Crippen LogP) is 2.58. The van der Waals surface area contributed by atoms with Crippen molar-refractivity contribution in [2.45, 2.75) is 45.8 Å². The topological polar surface area (TPSA) is 125 Å². The van der Waals surface area contributed by atoms with Crippen molar-refractivity contribution >= 4 is 35.5 Å². The fourth-order valence-electron chi connectivity index (χ4n) is 2.29. The van der Waals surface area contributed by atoms with Gasteiger partial charge in [-0.25, -0.2) is 9.59 Å². The molecular weight excluding hydrogens is 376 g/mol. The maximum Gasteiger partial charge on any atom is 0.408 e. The predicted molar refractivity (Wildman–Crippen MR) is 100 cm³/mol. The molecule has 1 aromatic rings. The minimum atomic E-state index is -1.15. The maximum atomic E-state index is 11.9. The number of alkyl carbamates (subject to hydrolysis) is 1. The maximum absolute atomic E-state index is 11.9. The van der Waals surface area contributed by atoms with Gasteiger partial charge in [0.15, 0.2) is 0 Å². The summed E-state index contributed by atoms with van der Waals surface area (Å²) in [5, 5.41) is 13.1. The normalized spacial score (nSPS) is 12.1. The number of nitro groups is 1. The average Bonchev–Trinajstić information content (AvgIpc) is 2.51. The zero-order valence-electron chi connectivity index (χ0n) is 15.7. The molecule has 0 aliphatic rings. The molecule has 0 aliphatic carbocycles. The molecular formula is C17H22N2O7S. The number of nitrogens with zero attached hydrogens (tertiary/aromatic N) is 1. The Balaban J connectivity index is 3.20. The van der Waals surface area contributed by atoms with Gasteiger partial charge in [-0.3, -0.25) is 14.9 Å². The summed E-state index contributed by atoms with van der Waals surface area (Å²) in [6.07, 6.45) is -1.04. The molecule has 0 saturated carbocycles. The van der Waals surface area contributed by atoms with E-state index in [0.29, 0.717) is 5.56 Å². The first-order valence-corrected chi connectivity index (χ1v) is 8.39. The van der Waals surface area contributed by atoms with Crippen molar-refractivity contribution in [3.05, 3.63) is 38.9 Å². The summed E-state index contributed by atoms with van der Waals surface area (Å²) in [6, 6.07) is 1.35. The lowest BCUT2D eigenvalue weighted by Crippen LogP contribution is -2.43. The fourth-order valence-corrected chi connectivity index (χ4v) is 2.45. The van der Waals surface area contributed by atoms with E-state index in [1.54, 1.807) is 27.7 Å². The lowest BCUT2D eigenvalue weighted by molar-refractivity contribution is -0.385. The molecule has 1 atom stereocenters. The summed E-state index contributed by atoms with van der Waals surface area (Å²) in [6.45, 7) is 6.55. The highest BCUT2D eigenvalue weighted by Gasteiger charge is 2.27. The number of methoxy groups -OCH3 is 1. The van der Waals surface area contributed by atoms with E-state index in [2.05, 4.69) is 22.7 Å². The molecule has 1 N–H and O–H groups in total. The van der Waals surface area contributed by atoms with E-state index in [1.165, 1.54) is 13.2 Å². The van der Waals surface area contributed by atoms with Crippen molar-refractivity contribution in [3.63, 3.8) is 0 Å². The minimum absolute atomic E-state index is 0.0433. The summed E-state index contributed by atoms with van der Waals surface area (Å²) in [7, 11) is 1.17. The van der Waals surface area contributed by atoms with Crippen LogP contribution in [0.2, 0.25) is 0 Å². The average molecular weight is 398 g/mol. The van der Waals surface area contributed by atoms with Crippen molar-refractivity contribution in [2.75, 3.05) is 7.11 Å². The number of aryl methyl sites for hydroxylation is 1. The molecule has 0 radical (unpaired) electrons. The van der Waals surface area contributed by atoms with E-state index in [-0.39, 0.29) is 23.2 Å². The van der Waals surface area contributed by atoms with E-state index in [4.69, 9.17) is 4.74 Å². The highest BCUT2D eigenvalue weighted by Crippen LogP contribution is 2.26. The van der Waals surface area contributed by atoms with Crippen LogP contribution in [-0.4, -0.2) is 40.9 Å². The number of nitro benzene ring substituents is 1. The molecule has 1 amide bonds. The van der Waals surface area contributed by atoms with Crippen LogP contribution in [0.3, 0.4) is 0 Å².